The van der Waals surface area contributed by atoms with Crippen molar-refractivity contribution >= 4 is 27.5 Å². The van der Waals surface area contributed by atoms with Gasteiger partial charge in [-0.15, -0.1) is 0 Å². The van der Waals surface area contributed by atoms with Crippen LogP contribution in [0, 0.1) is 0 Å². The molecule has 1 heterocycles. The second-order valence-electron chi connectivity index (χ2n) is 4.44. The highest BCUT2D eigenvalue weighted by molar-refractivity contribution is 9.10. The lowest BCUT2D eigenvalue weighted by Gasteiger charge is -2.20. The van der Waals surface area contributed by atoms with Crippen molar-refractivity contribution in [2.45, 2.75) is 19.4 Å². The quantitative estimate of drug-likeness (QED) is 0.892. The maximum atomic E-state index is 5.96. The molecule has 1 N–H and O–H groups in total. The van der Waals surface area contributed by atoms with Gasteiger partial charge in [-0.1, -0.05) is 30.7 Å². The number of hydrogen-bond donors (Lipinski definition) is 1. The first-order valence-corrected chi connectivity index (χ1v) is 7.46. The largest absolute Gasteiger partial charge is 0.305 e. The van der Waals surface area contributed by atoms with Crippen LogP contribution in [-0.4, -0.2) is 16.3 Å². The van der Waals surface area contributed by atoms with E-state index < -0.39 is 0 Å². The Bertz CT molecular complexity index is 517. The van der Waals surface area contributed by atoms with Crippen LogP contribution in [0.15, 0.2) is 34.9 Å². The summed E-state index contributed by atoms with van der Waals surface area (Å²) in [4.78, 5) is 0. The van der Waals surface area contributed by atoms with Crippen LogP contribution in [-0.2, 0) is 7.05 Å². The van der Waals surface area contributed by atoms with E-state index in [0.717, 1.165) is 28.2 Å². The number of aryl methyl sites for hydroxylation is 1. The molecule has 0 bridgehead atoms. The number of rotatable bonds is 5. The molecular formula is C14H17BrClN3. The maximum Gasteiger partial charge on any atom is 0.0759 e. The SMILES string of the molecule is CCCNC(c1ccc(Cl)cc1)c1c(Br)cnn1C. The van der Waals surface area contributed by atoms with Gasteiger partial charge in [0.2, 0.25) is 0 Å². The van der Waals surface area contributed by atoms with Crippen LogP contribution in [0.1, 0.15) is 30.6 Å². The zero-order valence-corrected chi connectivity index (χ0v) is 13.4. The fourth-order valence-corrected chi connectivity index (χ4v) is 2.76. The lowest BCUT2D eigenvalue weighted by molar-refractivity contribution is 0.552. The van der Waals surface area contributed by atoms with E-state index in [1.807, 2.05) is 30.1 Å². The predicted molar refractivity (Wildman–Crippen MR) is 82.5 cm³/mol. The zero-order valence-electron chi connectivity index (χ0n) is 11.0. The van der Waals surface area contributed by atoms with Gasteiger partial charge in [0.15, 0.2) is 0 Å². The summed E-state index contributed by atoms with van der Waals surface area (Å²) in [5.41, 5.74) is 2.30. The van der Waals surface area contributed by atoms with E-state index >= 15 is 0 Å². The van der Waals surface area contributed by atoms with Crippen molar-refractivity contribution in [3.63, 3.8) is 0 Å². The second kappa shape index (κ2) is 6.55. The Hall–Kier alpha value is -0.840. The molecule has 0 saturated carbocycles. The van der Waals surface area contributed by atoms with Gasteiger partial charge in [-0.05, 0) is 46.6 Å². The Labute approximate surface area is 127 Å². The minimum Gasteiger partial charge on any atom is -0.305 e. The predicted octanol–water partition coefficient (Wildman–Crippen LogP) is 3.93. The first-order chi connectivity index (χ1) is 9.13. The Morgan fingerprint density at radius 3 is 2.58 bits per heavy atom. The van der Waals surface area contributed by atoms with Gasteiger partial charge < -0.3 is 5.32 Å². The molecule has 102 valence electrons. The average Bonchev–Trinajstić information content (AvgIpc) is 2.73. The molecular weight excluding hydrogens is 326 g/mol. The first kappa shape index (κ1) is 14.6. The molecule has 0 aliphatic heterocycles. The van der Waals surface area contributed by atoms with Crippen molar-refractivity contribution in [3.8, 4) is 0 Å². The monoisotopic (exact) mass is 341 g/mol. The summed E-state index contributed by atoms with van der Waals surface area (Å²) in [6, 6.07) is 8.05. The normalized spacial score (nSPS) is 12.6. The summed E-state index contributed by atoms with van der Waals surface area (Å²) >= 11 is 9.53. The highest BCUT2D eigenvalue weighted by atomic mass is 79.9. The van der Waals surface area contributed by atoms with Gasteiger partial charge in [-0.2, -0.15) is 5.10 Å². The molecule has 3 nitrogen and oxygen atoms in total. The number of benzene rings is 1. The Balaban J connectivity index is 2.38. The lowest BCUT2D eigenvalue weighted by Crippen LogP contribution is -2.25. The van der Waals surface area contributed by atoms with Crippen LogP contribution in [0.2, 0.25) is 5.02 Å². The van der Waals surface area contributed by atoms with Crippen molar-refractivity contribution in [2.75, 3.05) is 6.54 Å². The van der Waals surface area contributed by atoms with E-state index in [1.54, 1.807) is 0 Å². The van der Waals surface area contributed by atoms with Gasteiger partial charge in [0.05, 0.1) is 22.4 Å². The van der Waals surface area contributed by atoms with E-state index in [4.69, 9.17) is 11.6 Å². The van der Waals surface area contributed by atoms with Crippen molar-refractivity contribution in [2.24, 2.45) is 7.05 Å². The second-order valence-corrected chi connectivity index (χ2v) is 5.73. The first-order valence-electron chi connectivity index (χ1n) is 6.29. The minimum atomic E-state index is 0.110. The molecule has 0 aliphatic rings. The molecule has 0 aliphatic carbocycles. The maximum absolute atomic E-state index is 5.96. The molecule has 0 fully saturated rings. The van der Waals surface area contributed by atoms with Crippen molar-refractivity contribution < 1.29 is 0 Å². The Kier molecular flexibility index (Phi) is 5.02. The minimum absolute atomic E-state index is 0.110. The van der Waals surface area contributed by atoms with E-state index in [2.05, 4.69) is 45.4 Å². The third-order valence-corrected chi connectivity index (χ3v) is 3.88. The van der Waals surface area contributed by atoms with Gasteiger partial charge >= 0.3 is 0 Å². The standard InChI is InChI=1S/C14H17BrClN3/c1-3-8-17-13(10-4-6-11(16)7-5-10)14-12(15)9-18-19(14)2/h4-7,9,13,17H,3,8H2,1-2H3. The van der Waals surface area contributed by atoms with E-state index in [9.17, 15) is 0 Å². The van der Waals surface area contributed by atoms with Crippen LogP contribution in [0.25, 0.3) is 0 Å². The molecule has 19 heavy (non-hydrogen) atoms. The number of aromatic nitrogens is 2. The molecule has 2 aromatic rings. The van der Waals surface area contributed by atoms with Gasteiger partial charge in [0.1, 0.15) is 0 Å². The van der Waals surface area contributed by atoms with Crippen LogP contribution in [0.4, 0.5) is 0 Å². The topological polar surface area (TPSA) is 29.9 Å². The van der Waals surface area contributed by atoms with Crippen LogP contribution in [0.5, 0.6) is 0 Å². The highest BCUT2D eigenvalue weighted by Gasteiger charge is 2.20. The van der Waals surface area contributed by atoms with Crippen molar-refractivity contribution in [3.05, 3.63) is 51.2 Å². The molecule has 0 amide bonds. The number of hydrogen-bond acceptors (Lipinski definition) is 2. The molecule has 1 atom stereocenters. The molecule has 1 aromatic heterocycles. The van der Waals surface area contributed by atoms with Gasteiger partial charge in [-0.3, -0.25) is 4.68 Å². The summed E-state index contributed by atoms with van der Waals surface area (Å²) in [6.45, 7) is 3.11. The molecule has 0 radical (unpaired) electrons. The van der Waals surface area contributed by atoms with Crippen LogP contribution >= 0.6 is 27.5 Å². The van der Waals surface area contributed by atoms with Gasteiger partial charge in [-0.25, -0.2) is 0 Å². The molecule has 0 spiro atoms. The molecule has 5 heteroatoms. The van der Waals surface area contributed by atoms with E-state index in [-0.39, 0.29) is 6.04 Å². The molecule has 0 saturated heterocycles. The molecule has 2 rings (SSSR count). The van der Waals surface area contributed by atoms with Gasteiger partial charge in [0.25, 0.3) is 0 Å². The fraction of sp³-hybridized carbons (Fsp3) is 0.357. The highest BCUT2D eigenvalue weighted by Crippen LogP contribution is 2.28. The zero-order chi connectivity index (χ0) is 13.8. The smallest absolute Gasteiger partial charge is 0.0759 e. The number of nitrogens with one attached hydrogen (secondary N) is 1. The Morgan fingerprint density at radius 2 is 2.05 bits per heavy atom. The van der Waals surface area contributed by atoms with Crippen LogP contribution < -0.4 is 5.32 Å². The van der Waals surface area contributed by atoms with Crippen molar-refractivity contribution in [1.29, 1.82) is 0 Å². The average molecular weight is 343 g/mol. The lowest BCUT2D eigenvalue weighted by atomic mass is 10.0. The Morgan fingerprint density at radius 1 is 1.37 bits per heavy atom. The number of halogens is 2. The summed E-state index contributed by atoms with van der Waals surface area (Å²) in [5.74, 6) is 0. The van der Waals surface area contributed by atoms with Crippen molar-refractivity contribution in [1.82, 2.24) is 15.1 Å². The van der Waals surface area contributed by atoms with Crippen LogP contribution in [0.3, 0.4) is 0 Å². The molecule has 1 unspecified atom stereocenters. The summed E-state index contributed by atoms with van der Waals surface area (Å²) in [5, 5.41) is 8.60. The molecule has 1 aromatic carbocycles. The number of nitrogens with zero attached hydrogens (tertiary/aromatic N) is 2. The summed E-state index contributed by atoms with van der Waals surface area (Å²) in [7, 11) is 1.95. The van der Waals surface area contributed by atoms with E-state index in [0.29, 0.717) is 0 Å². The third-order valence-electron chi connectivity index (χ3n) is 3.01. The third kappa shape index (κ3) is 3.38. The van der Waals surface area contributed by atoms with E-state index in [1.165, 1.54) is 5.56 Å². The van der Waals surface area contributed by atoms with Gasteiger partial charge in [0, 0.05) is 12.1 Å². The fourth-order valence-electron chi connectivity index (χ4n) is 2.06. The summed E-state index contributed by atoms with van der Waals surface area (Å²) in [6.07, 6.45) is 2.91. The summed E-state index contributed by atoms with van der Waals surface area (Å²) < 4.78 is 2.91.